The Morgan fingerprint density at radius 1 is 1.53 bits per heavy atom. The van der Waals surface area contributed by atoms with Gasteiger partial charge in [0.1, 0.15) is 0 Å². The predicted molar refractivity (Wildman–Crippen MR) is 57.2 cm³/mol. The van der Waals surface area contributed by atoms with E-state index in [1.54, 1.807) is 6.92 Å². The third kappa shape index (κ3) is 5.03. The average molecular weight is 463 g/mol. The quantitative estimate of drug-likeness (QED) is 0.546. The molecule has 0 radical (unpaired) electrons. The third-order valence-corrected chi connectivity index (χ3v) is 9.16. The Hall–Kier alpha value is -0.0149. The van der Waals surface area contributed by atoms with Crippen molar-refractivity contribution in [2.24, 2.45) is 0 Å². The van der Waals surface area contributed by atoms with Gasteiger partial charge in [-0.3, -0.25) is 0 Å². The number of hydrogen-bond acceptors (Lipinski definition) is 6. The Balaban J connectivity index is 2.50. The van der Waals surface area contributed by atoms with Gasteiger partial charge in [-0.05, 0) is 0 Å². The molecule has 15 heavy (non-hydrogen) atoms. The molecule has 4 N–H and O–H groups in total. The first-order valence-corrected chi connectivity index (χ1v) is 20.4. The number of nitrogens with one attached hydrogen (secondary N) is 1. The van der Waals surface area contributed by atoms with E-state index < -0.39 is 22.1 Å². The Bertz CT molecular complexity index is 306. The van der Waals surface area contributed by atoms with Gasteiger partial charge in [-0.1, -0.05) is 0 Å². The van der Waals surface area contributed by atoms with Gasteiger partial charge in [-0.25, -0.2) is 0 Å². The van der Waals surface area contributed by atoms with Crippen molar-refractivity contribution in [3.05, 3.63) is 5.82 Å². The number of halogens is 1. The van der Waals surface area contributed by atoms with Crippen molar-refractivity contribution in [3.8, 4) is 0 Å². The van der Waals surface area contributed by atoms with Crippen LogP contribution in [-0.4, -0.2) is 32.7 Å². The normalized spacial score (nSPS) is 11.9. The van der Waals surface area contributed by atoms with Gasteiger partial charge < -0.3 is 0 Å². The van der Waals surface area contributed by atoms with Crippen LogP contribution >= 0.6 is 11.9 Å². The molecule has 1 atom stereocenters. The summed E-state index contributed by atoms with van der Waals surface area (Å²) in [5, 5.41) is 12.4. The fourth-order valence-electron chi connectivity index (χ4n) is 1.02. The van der Waals surface area contributed by atoms with Crippen LogP contribution in [0.1, 0.15) is 5.82 Å². The predicted octanol–water partition coefficient (Wildman–Crippen LogP) is 0.346. The van der Waals surface area contributed by atoms with Gasteiger partial charge in [-0.2, -0.15) is 0 Å². The molecule has 1 unspecified atom stereocenters. The van der Waals surface area contributed by atoms with E-state index in [4.69, 9.17) is 5.73 Å². The summed E-state index contributed by atoms with van der Waals surface area (Å²) in [5.74, 6) is 1.19. The molecule has 1 aromatic rings. The molecule has 1 aromatic heterocycles. The number of aromatic nitrogens is 3. The van der Waals surface area contributed by atoms with E-state index in [1.807, 2.05) is 0 Å². The summed E-state index contributed by atoms with van der Waals surface area (Å²) in [7, 11) is 0. The van der Waals surface area contributed by atoms with E-state index in [9.17, 15) is 5.11 Å². The Labute approximate surface area is 106 Å². The number of nitrogens with zero attached hydrogens (tertiary/aromatic N) is 3. The van der Waals surface area contributed by atoms with Crippen LogP contribution in [0.4, 0.5) is 11.9 Å². The fourth-order valence-corrected chi connectivity index (χ4v) is 7.43. The molecule has 80 valence electrons. The van der Waals surface area contributed by atoms with Crippen LogP contribution in [0.5, 0.6) is 0 Å². The number of nitrogens with two attached hydrogens (primary N) is 1. The zero-order chi connectivity index (χ0) is 11.3. The van der Waals surface area contributed by atoms with Crippen LogP contribution in [0.3, 0.4) is 0 Å². The van der Waals surface area contributed by atoms with Crippen LogP contribution in [-0.2, 0) is 22.1 Å². The molecule has 0 amide bonds. The monoisotopic (exact) mass is 463 g/mol. The van der Waals surface area contributed by atoms with E-state index in [-0.39, 0.29) is 12.1 Å². The zero-order valence-corrected chi connectivity index (χ0v) is 15.5. The molecule has 1 heterocycles. The van der Waals surface area contributed by atoms with Crippen molar-refractivity contribution in [3.63, 3.8) is 0 Å². The summed E-state index contributed by atoms with van der Waals surface area (Å²) in [6.45, 7) is 2.20. The van der Waals surface area contributed by atoms with E-state index >= 15 is 0 Å². The first-order valence-electron chi connectivity index (χ1n) is 4.58. The second kappa shape index (κ2) is 6.54. The van der Waals surface area contributed by atoms with Crippen molar-refractivity contribution in [1.29, 1.82) is 0 Å². The molecule has 1 rings (SSSR count). The van der Waals surface area contributed by atoms with E-state index in [1.165, 1.54) is 0 Å². The molecule has 0 aliphatic heterocycles. The van der Waals surface area contributed by atoms with E-state index in [0.717, 1.165) is 3.93 Å². The zero-order valence-electron chi connectivity index (χ0n) is 8.44. The summed E-state index contributed by atoms with van der Waals surface area (Å²) in [6, 6.07) is 0. The molecule has 0 fully saturated rings. The number of nitrogen functional groups attached to an aromatic ring is 1. The van der Waals surface area contributed by atoms with Crippen molar-refractivity contribution >= 4 is 23.8 Å². The first-order chi connectivity index (χ1) is 7.11. The summed E-state index contributed by atoms with van der Waals surface area (Å²) in [4.78, 5) is 11.8. The van der Waals surface area contributed by atoms with Gasteiger partial charge in [0.25, 0.3) is 0 Å². The van der Waals surface area contributed by atoms with E-state index in [2.05, 4.69) is 32.2 Å². The summed E-state index contributed by atoms with van der Waals surface area (Å²) >= 11 is 2.53. The number of aryl methyl sites for hydroxylation is 1. The van der Waals surface area contributed by atoms with Crippen LogP contribution in [0.25, 0.3) is 0 Å². The Morgan fingerprint density at radius 2 is 2.27 bits per heavy atom. The molecule has 0 saturated carbocycles. The Morgan fingerprint density at radius 3 is 2.87 bits per heavy atom. The maximum absolute atomic E-state index is 9.51. The average Bonchev–Trinajstić information content (AvgIpc) is 2.14. The van der Waals surface area contributed by atoms with Gasteiger partial charge in [0.15, 0.2) is 0 Å². The molecule has 0 spiro atoms. The van der Waals surface area contributed by atoms with Crippen LogP contribution in [0.15, 0.2) is 0 Å². The summed E-state index contributed by atoms with van der Waals surface area (Å²) in [6.07, 6.45) is -0.329. The minimum atomic E-state index is -0.942. The van der Waals surface area contributed by atoms with Crippen LogP contribution in [0, 0.1) is 6.92 Å². The van der Waals surface area contributed by atoms with Gasteiger partial charge in [-0.15, -0.1) is 0 Å². The van der Waals surface area contributed by atoms with Gasteiger partial charge in [0.05, 0.1) is 0 Å². The SMILES string of the molecule is Cc1nc(N)nc(NCC(O)[CH2][Hg][Br])n1. The van der Waals surface area contributed by atoms with Crippen LogP contribution < -0.4 is 11.1 Å². The molecule has 8 heteroatoms. The summed E-state index contributed by atoms with van der Waals surface area (Å²) < 4.78 is 0.895. The Kier molecular flexibility index (Phi) is 5.69. The minimum absolute atomic E-state index is 0.194. The van der Waals surface area contributed by atoms with Crippen molar-refractivity contribution in [2.45, 2.75) is 17.0 Å². The molecule has 0 aliphatic rings. The molecular weight excluding hydrogens is 451 g/mol. The molecule has 6 nitrogen and oxygen atoms in total. The summed E-state index contributed by atoms with van der Waals surface area (Å²) in [5.41, 5.74) is 5.46. The first kappa shape index (κ1) is 13.1. The molecule has 0 aromatic carbocycles. The topological polar surface area (TPSA) is 97.0 Å². The number of rotatable bonds is 5. The second-order valence-electron chi connectivity index (χ2n) is 3.08. The van der Waals surface area contributed by atoms with Gasteiger partial charge in [0, 0.05) is 0 Å². The maximum atomic E-state index is 9.51. The number of hydrogen-bond donors (Lipinski definition) is 3. The molecular formula is C7H12BrHgN5O. The third-order valence-electron chi connectivity index (χ3n) is 1.70. The number of aliphatic hydroxyl groups excluding tert-OH is 1. The molecule has 0 aliphatic carbocycles. The van der Waals surface area contributed by atoms with E-state index in [0.29, 0.717) is 18.3 Å². The second-order valence-corrected chi connectivity index (χ2v) is 13.7. The number of aliphatic hydroxyl groups is 1. The van der Waals surface area contributed by atoms with Crippen molar-refractivity contribution in [2.75, 3.05) is 17.6 Å². The van der Waals surface area contributed by atoms with Gasteiger partial charge >= 0.3 is 106 Å². The standard InChI is InChI=1S/C7H12N5O.BrH.Hg/c1-4(13)3-9-7-11-5(2)10-6(8)12-7;;/h4,13H,1,3H2,2H3,(H3,8,9,10,11,12);1H;/q;;+1/p-1. The molecule has 0 saturated heterocycles. The van der Waals surface area contributed by atoms with Crippen molar-refractivity contribution < 1.29 is 27.3 Å². The van der Waals surface area contributed by atoms with Crippen LogP contribution in [0.2, 0.25) is 3.93 Å². The molecule has 0 bridgehead atoms. The number of anilines is 2. The fraction of sp³-hybridized carbons (Fsp3) is 0.571. The van der Waals surface area contributed by atoms with Crippen molar-refractivity contribution in [1.82, 2.24) is 15.0 Å². The van der Waals surface area contributed by atoms with Gasteiger partial charge in [0.2, 0.25) is 0 Å².